The Morgan fingerprint density at radius 3 is 1.28 bits per heavy atom. The van der Waals surface area contributed by atoms with Gasteiger partial charge < -0.3 is 22.9 Å². The maximum atomic E-state index is 6.17. The van der Waals surface area contributed by atoms with Crippen LogP contribution in [0.1, 0.15) is 0 Å². The minimum Gasteiger partial charge on any atom is -0.398 e. The number of nitrogen functional groups attached to an aromatic ring is 4. The standard InChI is InChI=1S/2C14H12N2/c15-13-9-5-1-2-6-10(9)14(16)12-8-4-3-7-11(12)13;15-13-6-5-11-7-9-3-1-2-4-10(9)8-12(11)14(13)16/h2*1-8H,15-16H2. The van der Waals surface area contributed by atoms with Gasteiger partial charge in [-0.15, -0.1) is 0 Å². The Hall–Kier alpha value is -4.44. The van der Waals surface area contributed by atoms with Crippen LogP contribution in [0, 0.1) is 0 Å². The van der Waals surface area contributed by atoms with Gasteiger partial charge in [0, 0.05) is 38.3 Å². The third kappa shape index (κ3) is 3.19. The summed E-state index contributed by atoms with van der Waals surface area (Å²) in [5.41, 5.74) is 27.0. The third-order valence-corrected chi connectivity index (χ3v) is 5.98. The molecule has 156 valence electrons. The predicted octanol–water partition coefficient (Wildman–Crippen LogP) is 6.31. The summed E-state index contributed by atoms with van der Waals surface area (Å²) in [5, 5.41) is 8.67. The summed E-state index contributed by atoms with van der Waals surface area (Å²) in [5.74, 6) is 0. The molecule has 0 saturated heterocycles. The molecule has 0 aliphatic rings. The van der Waals surface area contributed by atoms with Crippen LogP contribution in [-0.4, -0.2) is 0 Å². The second kappa shape index (κ2) is 7.67. The molecule has 32 heavy (non-hydrogen) atoms. The molecule has 0 aromatic heterocycles. The number of hydrogen-bond acceptors (Lipinski definition) is 4. The Balaban J connectivity index is 0.000000135. The molecule has 0 amide bonds. The summed E-state index contributed by atoms with van der Waals surface area (Å²) in [6.45, 7) is 0. The average Bonchev–Trinajstić information content (AvgIpc) is 2.84. The molecule has 4 heteroatoms. The number of fused-ring (bicyclic) bond motifs is 4. The van der Waals surface area contributed by atoms with Crippen LogP contribution in [-0.2, 0) is 0 Å². The normalized spacial score (nSPS) is 11.0. The van der Waals surface area contributed by atoms with Gasteiger partial charge in [0.25, 0.3) is 0 Å². The first kappa shape index (κ1) is 19.5. The summed E-state index contributed by atoms with van der Waals surface area (Å²) in [7, 11) is 0. The molecule has 0 radical (unpaired) electrons. The first-order valence-electron chi connectivity index (χ1n) is 10.5. The molecule has 0 aliphatic carbocycles. The zero-order valence-electron chi connectivity index (χ0n) is 17.5. The van der Waals surface area contributed by atoms with Crippen LogP contribution >= 0.6 is 0 Å². The van der Waals surface area contributed by atoms with Gasteiger partial charge in [0.1, 0.15) is 0 Å². The molecule has 8 N–H and O–H groups in total. The van der Waals surface area contributed by atoms with Crippen LogP contribution < -0.4 is 22.9 Å². The van der Waals surface area contributed by atoms with Gasteiger partial charge >= 0.3 is 0 Å². The van der Waals surface area contributed by atoms with E-state index in [0.29, 0.717) is 11.4 Å². The molecule has 0 aliphatic heterocycles. The molecular weight excluding hydrogens is 392 g/mol. The van der Waals surface area contributed by atoms with Crippen molar-refractivity contribution in [2.24, 2.45) is 0 Å². The molecule has 0 fully saturated rings. The summed E-state index contributed by atoms with van der Waals surface area (Å²) in [4.78, 5) is 0. The monoisotopic (exact) mass is 416 g/mol. The van der Waals surface area contributed by atoms with Gasteiger partial charge in [-0.1, -0.05) is 78.9 Å². The molecule has 4 nitrogen and oxygen atoms in total. The van der Waals surface area contributed by atoms with Crippen molar-refractivity contribution in [1.82, 2.24) is 0 Å². The highest BCUT2D eigenvalue weighted by molar-refractivity contribution is 6.18. The molecular formula is C28H24N4. The van der Waals surface area contributed by atoms with E-state index in [0.717, 1.165) is 43.7 Å². The Bertz CT molecular complexity index is 1500. The van der Waals surface area contributed by atoms with Crippen LogP contribution in [0.5, 0.6) is 0 Å². The van der Waals surface area contributed by atoms with Gasteiger partial charge in [-0.05, 0) is 34.4 Å². The number of nitrogens with two attached hydrogens (primary N) is 4. The molecule has 0 spiro atoms. The van der Waals surface area contributed by atoms with E-state index in [2.05, 4.69) is 24.3 Å². The van der Waals surface area contributed by atoms with E-state index < -0.39 is 0 Å². The van der Waals surface area contributed by atoms with Gasteiger partial charge in [0.05, 0.1) is 11.4 Å². The van der Waals surface area contributed by atoms with Crippen LogP contribution in [0.4, 0.5) is 22.7 Å². The lowest BCUT2D eigenvalue weighted by molar-refractivity contribution is 1.72. The molecule has 6 aromatic carbocycles. The lowest BCUT2D eigenvalue weighted by Crippen LogP contribution is -1.95. The first-order chi connectivity index (χ1) is 15.5. The van der Waals surface area contributed by atoms with Crippen LogP contribution in [0.3, 0.4) is 0 Å². The fourth-order valence-corrected chi connectivity index (χ4v) is 4.25. The maximum Gasteiger partial charge on any atom is 0.0627 e. The van der Waals surface area contributed by atoms with Gasteiger partial charge in [-0.25, -0.2) is 0 Å². The Morgan fingerprint density at radius 2 is 0.781 bits per heavy atom. The molecule has 0 atom stereocenters. The Labute approximate surface area is 186 Å². The highest BCUT2D eigenvalue weighted by atomic mass is 14.7. The minimum absolute atomic E-state index is 0.641. The largest absolute Gasteiger partial charge is 0.398 e. The maximum absolute atomic E-state index is 6.17. The van der Waals surface area contributed by atoms with E-state index in [-0.39, 0.29) is 0 Å². The zero-order valence-corrected chi connectivity index (χ0v) is 17.5. The molecule has 6 rings (SSSR count). The highest BCUT2D eigenvalue weighted by Crippen LogP contribution is 2.36. The number of anilines is 4. The van der Waals surface area contributed by atoms with E-state index in [4.69, 9.17) is 22.9 Å². The van der Waals surface area contributed by atoms with Gasteiger partial charge in [-0.2, -0.15) is 0 Å². The second-order valence-corrected chi connectivity index (χ2v) is 7.91. The highest BCUT2D eigenvalue weighted by Gasteiger charge is 2.08. The lowest BCUT2D eigenvalue weighted by atomic mass is 9.99. The summed E-state index contributed by atoms with van der Waals surface area (Å²) in [6.07, 6.45) is 0. The fraction of sp³-hybridized carbons (Fsp3) is 0. The molecule has 0 unspecified atom stereocenters. The van der Waals surface area contributed by atoms with E-state index in [1.54, 1.807) is 0 Å². The quantitative estimate of drug-likeness (QED) is 0.132. The fourth-order valence-electron chi connectivity index (χ4n) is 4.25. The van der Waals surface area contributed by atoms with Crippen molar-refractivity contribution in [2.45, 2.75) is 0 Å². The lowest BCUT2D eigenvalue weighted by Gasteiger charge is -2.10. The van der Waals surface area contributed by atoms with Crippen LogP contribution in [0.2, 0.25) is 0 Å². The van der Waals surface area contributed by atoms with Gasteiger partial charge in [0.15, 0.2) is 0 Å². The summed E-state index contributed by atoms with van der Waals surface area (Å²) >= 11 is 0. The Morgan fingerprint density at radius 1 is 0.344 bits per heavy atom. The summed E-state index contributed by atoms with van der Waals surface area (Å²) in [6, 6.07) is 32.3. The van der Waals surface area contributed by atoms with Crippen LogP contribution in [0.25, 0.3) is 43.1 Å². The SMILES string of the molecule is Nc1c2ccccc2c(N)c2ccccc12.Nc1ccc2cc3ccccc3cc2c1N. The smallest absolute Gasteiger partial charge is 0.0627 e. The van der Waals surface area contributed by atoms with Gasteiger partial charge in [-0.3, -0.25) is 0 Å². The van der Waals surface area contributed by atoms with E-state index in [1.807, 2.05) is 72.8 Å². The predicted molar refractivity (Wildman–Crippen MR) is 141 cm³/mol. The van der Waals surface area contributed by atoms with E-state index >= 15 is 0 Å². The van der Waals surface area contributed by atoms with Crippen LogP contribution in [0.15, 0.2) is 97.1 Å². The zero-order chi connectivity index (χ0) is 22.2. The van der Waals surface area contributed by atoms with Crippen molar-refractivity contribution >= 4 is 65.8 Å². The number of rotatable bonds is 0. The molecule has 0 heterocycles. The number of benzene rings is 6. The van der Waals surface area contributed by atoms with Crippen molar-refractivity contribution in [3.63, 3.8) is 0 Å². The van der Waals surface area contributed by atoms with Gasteiger partial charge in [0.2, 0.25) is 0 Å². The second-order valence-electron chi connectivity index (χ2n) is 7.91. The molecule has 6 aromatic rings. The average molecular weight is 417 g/mol. The molecule has 0 saturated carbocycles. The minimum atomic E-state index is 0.641. The van der Waals surface area contributed by atoms with Crippen molar-refractivity contribution in [3.05, 3.63) is 97.1 Å². The van der Waals surface area contributed by atoms with E-state index in [9.17, 15) is 0 Å². The summed E-state index contributed by atoms with van der Waals surface area (Å²) < 4.78 is 0. The first-order valence-corrected chi connectivity index (χ1v) is 10.5. The van der Waals surface area contributed by atoms with Crippen molar-refractivity contribution in [1.29, 1.82) is 0 Å². The van der Waals surface area contributed by atoms with Crippen molar-refractivity contribution < 1.29 is 0 Å². The number of hydrogen-bond donors (Lipinski definition) is 4. The van der Waals surface area contributed by atoms with E-state index in [1.165, 1.54) is 10.8 Å². The molecule has 0 bridgehead atoms. The van der Waals surface area contributed by atoms with Crippen molar-refractivity contribution in [2.75, 3.05) is 22.9 Å². The third-order valence-electron chi connectivity index (χ3n) is 5.98. The van der Waals surface area contributed by atoms with Crippen molar-refractivity contribution in [3.8, 4) is 0 Å². The Kier molecular flexibility index (Phi) is 4.68. The topological polar surface area (TPSA) is 104 Å².